The molecule has 5 nitrogen and oxygen atoms in total. The van der Waals surface area contributed by atoms with Gasteiger partial charge >= 0.3 is 5.97 Å². The molecule has 84 valence electrons. The second kappa shape index (κ2) is 5.16. The van der Waals surface area contributed by atoms with Gasteiger partial charge in [0.05, 0.1) is 13.0 Å². The van der Waals surface area contributed by atoms with Crippen LogP contribution in [-0.4, -0.2) is 29.6 Å². The van der Waals surface area contributed by atoms with Crippen LogP contribution in [-0.2, 0) is 14.3 Å². The lowest BCUT2D eigenvalue weighted by Gasteiger charge is -2.07. The average molecular weight is 221 g/mol. The summed E-state index contributed by atoms with van der Waals surface area (Å²) >= 11 is 0. The molecule has 1 heterocycles. The molecule has 1 atom stereocenters. The summed E-state index contributed by atoms with van der Waals surface area (Å²) < 4.78 is 4.27. The van der Waals surface area contributed by atoms with Gasteiger partial charge in [-0.2, -0.15) is 0 Å². The van der Waals surface area contributed by atoms with Crippen LogP contribution in [0.2, 0.25) is 0 Å². The minimum atomic E-state index is -1.03. The molecule has 0 aliphatic heterocycles. The van der Waals surface area contributed by atoms with Gasteiger partial charge in [-0.05, 0) is 19.1 Å². The predicted octanol–water partition coefficient (Wildman–Crippen LogP) is 0.642. The van der Waals surface area contributed by atoms with E-state index in [9.17, 15) is 14.4 Å². The Balaban J connectivity index is 2.83. The van der Waals surface area contributed by atoms with Crippen molar-refractivity contribution in [2.75, 3.05) is 7.11 Å². The molecule has 1 unspecified atom stereocenters. The van der Waals surface area contributed by atoms with Crippen LogP contribution in [0.15, 0.2) is 24.5 Å². The van der Waals surface area contributed by atoms with E-state index in [0.717, 1.165) is 7.11 Å². The average Bonchev–Trinajstić information content (AvgIpc) is 2.36. The maximum atomic E-state index is 11.8. The fourth-order valence-corrected chi connectivity index (χ4v) is 1.16. The first kappa shape index (κ1) is 12.0. The van der Waals surface area contributed by atoms with E-state index in [1.54, 1.807) is 0 Å². The van der Waals surface area contributed by atoms with Crippen molar-refractivity contribution in [3.05, 3.63) is 30.1 Å². The van der Waals surface area contributed by atoms with E-state index in [0.29, 0.717) is 5.56 Å². The number of aromatic nitrogens is 1. The molecule has 0 saturated heterocycles. The topological polar surface area (TPSA) is 73.3 Å². The van der Waals surface area contributed by atoms with E-state index in [4.69, 9.17) is 0 Å². The number of Topliss-reactive ketones (excluding diaryl/α,β-unsaturated/α-hetero) is 2. The molecular formula is C11H11NO4. The minimum Gasteiger partial charge on any atom is -0.463 e. The Hall–Kier alpha value is -2.04. The van der Waals surface area contributed by atoms with Gasteiger partial charge in [-0.25, -0.2) is 4.79 Å². The number of esters is 1. The maximum Gasteiger partial charge on any atom is 0.375 e. The quantitative estimate of drug-likeness (QED) is 0.323. The van der Waals surface area contributed by atoms with E-state index >= 15 is 0 Å². The number of hydrogen-bond donors (Lipinski definition) is 0. The van der Waals surface area contributed by atoms with Gasteiger partial charge < -0.3 is 4.74 Å². The molecule has 0 aliphatic carbocycles. The standard InChI is InChI=1S/C11H11NO4/c1-7(10(14)11(15)16-2)9(13)8-3-5-12-6-4-8/h3-7H,1-2H3. The molecule has 0 saturated carbocycles. The highest BCUT2D eigenvalue weighted by atomic mass is 16.5. The van der Waals surface area contributed by atoms with Crippen molar-refractivity contribution in [3.8, 4) is 0 Å². The summed E-state index contributed by atoms with van der Waals surface area (Å²) in [6.45, 7) is 1.38. The first-order valence-electron chi connectivity index (χ1n) is 4.64. The highest BCUT2D eigenvalue weighted by Crippen LogP contribution is 2.09. The van der Waals surface area contributed by atoms with Crippen molar-refractivity contribution >= 4 is 17.5 Å². The number of hydrogen-bond acceptors (Lipinski definition) is 5. The third kappa shape index (κ3) is 2.50. The molecule has 0 fully saturated rings. The van der Waals surface area contributed by atoms with Crippen molar-refractivity contribution in [3.63, 3.8) is 0 Å². The monoisotopic (exact) mass is 221 g/mol. The summed E-state index contributed by atoms with van der Waals surface area (Å²) in [5.74, 6) is -3.30. The predicted molar refractivity (Wildman–Crippen MR) is 54.8 cm³/mol. The molecule has 1 aromatic heterocycles. The zero-order valence-corrected chi connectivity index (χ0v) is 8.97. The zero-order chi connectivity index (χ0) is 12.1. The van der Waals surface area contributed by atoms with Crippen molar-refractivity contribution in [1.82, 2.24) is 4.98 Å². The molecule has 0 aliphatic rings. The van der Waals surface area contributed by atoms with Crippen LogP contribution in [0.4, 0.5) is 0 Å². The van der Waals surface area contributed by atoms with Crippen LogP contribution in [0.5, 0.6) is 0 Å². The highest BCUT2D eigenvalue weighted by molar-refractivity contribution is 6.39. The molecule has 0 spiro atoms. The fourth-order valence-electron chi connectivity index (χ4n) is 1.16. The second-order valence-electron chi connectivity index (χ2n) is 3.18. The first-order valence-corrected chi connectivity index (χ1v) is 4.64. The number of pyridine rings is 1. The minimum absolute atomic E-state index is 0.347. The third-order valence-electron chi connectivity index (χ3n) is 2.14. The maximum absolute atomic E-state index is 11.8. The van der Waals surface area contributed by atoms with E-state index in [-0.39, 0.29) is 0 Å². The molecule has 1 rings (SSSR count). The van der Waals surface area contributed by atoms with Crippen LogP contribution in [0.1, 0.15) is 17.3 Å². The van der Waals surface area contributed by atoms with Crippen molar-refractivity contribution in [2.45, 2.75) is 6.92 Å². The normalized spacial score (nSPS) is 11.6. The molecule has 0 radical (unpaired) electrons. The Morgan fingerprint density at radius 1 is 1.25 bits per heavy atom. The lowest BCUT2D eigenvalue weighted by atomic mass is 9.96. The third-order valence-corrected chi connectivity index (χ3v) is 2.14. The fraction of sp³-hybridized carbons (Fsp3) is 0.273. The van der Waals surface area contributed by atoms with E-state index in [2.05, 4.69) is 9.72 Å². The molecule has 5 heteroatoms. The molecule has 0 bridgehead atoms. The van der Waals surface area contributed by atoms with Crippen molar-refractivity contribution in [2.24, 2.45) is 5.92 Å². The van der Waals surface area contributed by atoms with Crippen LogP contribution < -0.4 is 0 Å². The number of ether oxygens (including phenoxy) is 1. The lowest BCUT2D eigenvalue weighted by molar-refractivity contribution is -0.152. The Labute approximate surface area is 92.4 Å². The Bertz CT molecular complexity index is 413. The molecule has 1 aromatic rings. The van der Waals surface area contributed by atoms with E-state index < -0.39 is 23.5 Å². The van der Waals surface area contributed by atoms with Gasteiger partial charge in [0, 0.05) is 18.0 Å². The van der Waals surface area contributed by atoms with Gasteiger partial charge in [0.25, 0.3) is 5.78 Å². The Kier molecular flexibility index (Phi) is 3.88. The van der Waals surface area contributed by atoms with Gasteiger partial charge in [-0.1, -0.05) is 0 Å². The van der Waals surface area contributed by atoms with Crippen molar-refractivity contribution in [1.29, 1.82) is 0 Å². The smallest absolute Gasteiger partial charge is 0.375 e. The van der Waals surface area contributed by atoms with Gasteiger partial charge in [-0.15, -0.1) is 0 Å². The van der Waals surface area contributed by atoms with Gasteiger partial charge in [0.15, 0.2) is 5.78 Å². The molecule has 0 aromatic carbocycles. The van der Waals surface area contributed by atoms with Crippen LogP contribution in [0.25, 0.3) is 0 Å². The first-order chi connectivity index (χ1) is 7.57. The second-order valence-corrected chi connectivity index (χ2v) is 3.18. The number of ketones is 2. The number of carbonyl (C=O) groups is 3. The molecule has 16 heavy (non-hydrogen) atoms. The number of rotatable bonds is 4. The number of methoxy groups -OCH3 is 1. The van der Waals surface area contributed by atoms with E-state index in [1.807, 2.05) is 0 Å². The SMILES string of the molecule is COC(=O)C(=O)C(C)C(=O)c1ccncc1. The largest absolute Gasteiger partial charge is 0.463 e. The van der Waals surface area contributed by atoms with Crippen LogP contribution in [0, 0.1) is 5.92 Å². The van der Waals surface area contributed by atoms with Gasteiger partial charge in [-0.3, -0.25) is 14.6 Å². The molecule has 0 amide bonds. The Morgan fingerprint density at radius 2 is 1.81 bits per heavy atom. The molecular weight excluding hydrogens is 210 g/mol. The Morgan fingerprint density at radius 3 is 2.31 bits per heavy atom. The summed E-state index contributed by atoms with van der Waals surface area (Å²) in [5.41, 5.74) is 0.347. The highest BCUT2D eigenvalue weighted by Gasteiger charge is 2.28. The molecule has 0 N–H and O–H groups in total. The summed E-state index contributed by atoms with van der Waals surface area (Å²) in [4.78, 5) is 37.8. The number of carbonyl (C=O) groups excluding carboxylic acids is 3. The number of nitrogens with zero attached hydrogens (tertiary/aromatic N) is 1. The van der Waals surface area contributed by atoms with E-state index in [1.165, 1.54) is 31.5 Å². The summed E-state index contributed by atoms with van der Waals surface area (Å²) in [7, 11) is 1.10. The summed E-state index contributed by atoms with van der Waals surface area (Å²) in [6.07, 6.45) is 2.89. The lowest BCUT2D eigenvalue weighted by Crippen LogP contribution is -2.28. The van der Waals surface area contributed by atoms with Gasteiger partial charge in [0.2, 0.25) is 0 Å². The summed E-state index contributed by atoms with van der Waals surface area (Å²) in [5, 5.41) is 0. The van der Waals surface area contributed by atoms with Crippen LogP contribution in [0.3, 0.4) is 0 Å². The zero-order valence-electron chi connectivity index (χ0n) is 8.97. The summed E-state index contributed by atoms with van der Waals surface area (Å²) in [6, 6.07) is 2.98. The van der Waals surface area contributed by atoms with Gasteiger partial charge in [0.1, 0.15) is 0 Å². The van der Waals surface area contributed by atoms with Crippen molar-refractivity contribution < 1.29 is 19.1 Å². The van der Waals surface area contributed by atoms with Crippen LogP contribution >= 0.6 is 0 Å².